The Morgan fingerprint density at radius 1 is 1.41 bits per heavy atom. The van der Waals surface area contributed by atoms with Crippen LogP contribution in [0.2, 0.25) is 10.0 Å². The highest BCUT2D eigenvalue weighted by Crippen LogP contribution is 2.24. The lowest BCUT2D eigenvalue weighted by atomic mass is 10.2. The standard InChI is InChI=1S/C11H13Cl2N3S/c1-16-6-14-11(15-7-16)17-5-8-2-3-9(12)10(13)4-8/h2-4H,5-7H2,1H3,(H,14,15). The highest BCUT2D eigenvalue weighted by Gasteiger charge is 2.08. The van der Waals surface area contributed by atoms with Crippen molar-refractivity contribution in [1.82, 2.24) is 10.2 Å². The lowest BCUT2D eigenvalue weighted by Gasteiger charge is -2.22. The molecule has 0 amide bonds. The topological polar surface area (TPSA) is 27.6 Å². The van der Waals surface area contributed by atoms with E-state index in [1.807, 2.05) is 25.2 Å². The zero-order chi connectivity index (χ0) is 12.3. The van der Waals surface area contributed by atoms with Crippen LogP contribution in [0.5, 0.6) is 0 Å². The number of thioether (sulfide) groups is 1. The molecule has 2 rings (SSSR count). The molecule has 1 heterocycles. The number of halogens is 2. The van der Waals surface area contributed by atoms with E-state index in [-0.39, 0.29) is 0 Å². The Morgan fingerprint density at radius 2 is 2.24 bits per heavy atom. The van der Waals surface area contributed by atoms with Crippen molar-refractivity contribution in [2.45, 2.75) is 5.75 Å². The number of hydrogen-bond acceptors (Lipinski definition) is 4. The molecule has 0 atom stereocenters. The monoisotopic (exact) mass is 289 g/mol. The van der Waals surface area contributed by atoms with Crippen molar-refractivity contribution < 1.29 is 0 Å². The van der Waals surface area contributed by atoms with Gasteiger partial charge in [0.25, 0.3) is 0 Å². The second-order valence-corrected chi connectivity index (χ2v) is 5.61. The SMILES string of the molecule is CN1CN=C(SCc2ccc(Cl)c(Cl)c2)NC1. The van der Waals surface area contributed by atoms with Crippen LogP contribution in [0.25, 0.3) is 0 Å². The highest BCUT2D eigenvalue weighted by atomic mass is 35.5. The highest BCUT2D eigenvalue weighted by molar-refractivity contribution is 8.13. The second-order valence-electron chi connectivity index (χ2n) is 3.83. The third-order valence-corrected chi connectivity index (χ3v) is 4.08. The number of hydrogen-bond donors (Lipinski definition) is 1. The quantitative estimate of drug-likeness (QED) is 0.907. The first-order chi connectivity index (χ1) is 8.15. The molecule has 0 aliphatic carbocycles. The van der Waals surface area contributed by atoms with Gasteiger partial charge in [-0.2, -0.15) is 0 Å². The van der Waals surface area contributed by atoms with E-state index in [4.69, 9.17) is 23.2 Å². The summed E-state index contributed by atoms with van der Waals surface area (Å²) in [7, 11) is 2.02. The third kappa shape index (κ3) is 3.78. The normalized spacial score (nSPS) is 16.5. The summed E-state index contributed by atoms with van der Waals surface area (Å²) in [6.45, 7) is 1.59. The molecule has 0 spiro atoms. The van der Waals surface area contributed by atoms with Crippen LogP contribution in [0.15, 0.2) is 23.2 Å². The van der Waals surface area contributed by atoms with Crippen molar-refractivity contribution in [3.05, 3.63) is 33.8 Å². The minimum atomic E-state index is 0.593. The van der Waals surface area contributed by atoms with Gasteiger partial charge in [0.1, 0.15) is 0 Å². The van der Waals surface area contributed by atoms with Crippen LogP contribution in [0.4, 0.5) is 0 Å². The summed E-state index contributed by atoms with van der Waals surface area (Å²) in [6, 6.07) is 5.70. The van der Waals surface area contributed by atoms with Crippen molar-refractivity contribution in [3.63, 3.8) is 0 Å². The summed E-state index contributed by atoms with van der Waals surface area (Å²) in [6.07, 6.45) is 0. The van der Waals surface area contributed by atoms with Crippen LogP contribution in [0.1, 0.15) is 5.56 Å². The molecule has 0 fully saturated rings. The number of amidine groups is 1. The minimum absolute atomic E-state index is 0.593. The maximum Gasteiger partial charge on any atom is 0.159 e. The molecule has 0 radical (unpaired) electrons. The first-order valence-corrected chi connectivity index (χ1v) is 6.93. The van der Waals surface area contributed by atoms with Crippen LogP contribution in [-0.4, -0.2) is 30.5 Å². The Kier molecular flexibility index (Phi) is 4.56. The summed E-state index contributed by atoms with van der Waals surface area (Å²) in [4.78, 5) is 6.50. The molecule has 0 saturated carbocycles. The maximum absolute atomic E-state index is 5.96. The van der Waals surface area contributed by atoms with E-state index < -0.39 is 0 Å². The lowest BCUT2D eigenvalue weighted by Crippen LogP contribution is -2.39. The largest absolute Gasteiger partial charge is 0.352 e. The first-order valence-electron chi connectivity index (χ1n) is 5.19. The Morgan fingerprint density at radius 3 is 2.88 bits per heavy atom. The van der Waals surface area contributed by atoms with Gasteiger partial charge in [0.2, 0.25) is 0 Å². The molecule has 1 aromatic rings. The number of nitrogens with one attached hydrogen (secondary N) is 1. The predicted molar refractivity (Wildman–Crippen MR) is 75.8 cm³/mol. The summed E-state index contributed by atoms with van der Waals surface area (Å²) >= 11 is 13.5. The van der Waals surface area contributed by atoms with Crippen molar-refractivity contribution in [1.29, 1.82) is 0 Å². The Bertz CT molecular complexity index is 437. The summed E-state index contributed by atoms with van der Waals surface area (Å²) in [5, 5.41) is 5.42. The van der Waals surface area contributed by atoms with E-state index >= 15 is 0 Å². The Hall–Kier alpha value is -0.420. The Labute approximate surface area is 115 Å². The molecule has 1 aliphatic heterocycles. The molecule has 3 nitrogen and oxygen atoms in total. The van der Waals surface area contributed by atoms with Gasteiger partial charge in [0.15, 0.2) is 5.17 Å². The van der Waals surface area contributed by atoms with Gasteiger partial charge in [-0.25, -0.2) is 4.99 Å². The van der Waals surface area contributed by atoms with Crippen molar-refractivity contribution in [2.24, 2.45) is 4.99 Å². The zero-order valence-corrected chi connectivity index (χ0v) is 11.7. The first kappa shape index (κ1) is 13.0. The van der Waals surface area contributed by atoms with Crippen LogP contribution < -0.4 is 5.32 Å². The fourth-order valence-electron chi connectivity index (χ4n) is 1.37. The molecular formula is C11H13Cl2N3S. The average Bonchev–Trinajstić information content (AvgIpc) is 2.33. The van der Waals surface area contributed by atoms with E-state index in [2.05, 4.69) is 15.2 Å². The molecule has 1 aromatic carbocycles. The fraction of sp³-hybridized carbons (Fsp3) is 0.364. The van der Waals surface area contributed by atoms with Crippen LogP contribution in [0.3, 0.4) is 0 Å². The summed E-state index contributed by atoms with van der Waals surface area (Å²) < 4.78 is 0. The van der Waals surface area contributed by atoms with Crippen molar-refractivity contribution in [2.75, 3.05) is 20.4 Å². The van der Waals surface area contributed by atoms with E-state index in [1.54, 1.807) is 11.8 Å². The Balaban J connectivity index is 1.91. The molecule has 6 heteroatoms. The third-order valence-electron chi connectivity index (χ3n) is 2.32. The molecule has 92 valence electrons. The number of benzene rings is 1. The van der Waals surface area contributed by atoms with E-state index in [0.717, 1.165) is 29.8 Å². The summed E-state index contributed by atoms with van der Waals surface area (Å²) in [5.74, 6) is 0.840. The molecule has 1 N–H and O–H groups in total. The van der Waals surface area contributed by atoms with Crippen molar-refractivity contribution in [3.8, 4) is 0 Å². The second kappa shape index (κ2) is 5.96. The van der Waals surface area contributed by atoms with Gasteiger partial charge in [0, 0.05) is 5.75 Å². The molecular weight excluding hydrogens is 277 g/mol. The molecule has 17 heavy (non-hydrogen) atoms. The van der Waals surface area contributed by atoms with Gasteiger partial charge < -0.3 is 5.32 Å². The average molecular weight is 290 g/mol. The van der Waals surface area contributed by atoms with E-state index in [9.17, 15) is 0 Å². The van der Waals surface area contributed by atoms with Gasteiger partial charge in [-0.3, -0.25) is 4.90 Å². The van der Waals surface area contributed by atoms with Crippen LogP contribution in [0, 0.1) is 0 Å². The molecule has 0 aromatic heterocycles. The van der Waals surface area contributed by atoms with Gasteiger partial charge in [-0.15, -0.1) is 0 Å². The molecule has 1 aliphatic rings. The van der Waals surface area contributed by atoms with Gasteiger partial charge >= 0.3 is 0 Å². The van der Waals surface area contributed by atoms with Crippen molar-refractivity contribution >= 4 is 40.1 Å². The number of rotatable bonds is 2. The molecule has 0 saturated heterocycles. The fourth-order valence-corrected chi connectivity index (χ4v) is 2.49. The maximum atomic E-state index is 5.96. The lowest BCUT2D eigenvalue weighted by molar-refractivity contribution is 0.326. The van der Waals surface area contributed by atoms with Crippen LogP contribution >= 0.6 is 35.0 Å². The number of aliphatic imine (C=N–C) groups is 1. The number of nitrogens with zero attached hydrogens (tertiary/aromatic N) is 2. The van der Waals surface area contributed by atoms with Gasteiger partial charge in [-0.1, -0.05) is 41.0 Å². The van der Waals surface area contributed by atoms with Crippen LogP contribution in [-0.2, 0) is 5.75 Å². The van der Waals surface area contributed by atoms with E-state index in [0.29, 0.717) is 10.0 Å². The predicted octanol–water partition coefficient (Wildman–Crippen LogP) is 3.03. The zero-order valence-electron chi connectivity index (χ0n) is 9.41. The molecule has 0 bridgehead atoms. The molecule has 0 unspecified atom stereocenters. The summed E-state index contributed by atoms with van der Waals surface area (Å²) in [5.41, 5.74) is 1.15. The van der Waals surface area contributed by atoms with E-state index in [1.165, 1.54) is 0 Å². The van der Waals surface area contributed by atoms with Gasteiger partial charge in [0.05, 0.1) is 23.4 Å². The minimum Gasteiger partial charge on any atom is -0.352 e. The van der Waals surface area contributed by atoms with Gasteiger partial charge in [-0.05, 0) is 24.7 Å². The smallest absolute Gasteiger partial charge is 0.159 e.